The van der Waals surface area contributed by atoms with Crippen LogP contribution in [-0.4, -0.2) is 42.1 Å². The first-order chi connectivity index (χ1) is 14.7. The summed E-state index contributed by atoms with van der Waals surface area (Å²) in [6, 6.07) is 19.7. The molecule has 1 aliphatic rings. The number of para-hydroxylation sites is 1. The highest BCUT2D eigenvalue weighted by atomic mass is 32.2. The molecule has 2 amide bonds. The van der Waals surface area contributed by atoms with Gasteiger partial charge in [0.15, 0.2) is 5.76 Å². The molecule has 0 unspecified atom stereocenters. The van der Waals surface area contributed by atoms with Crippen LogP contribution >= 0.6 is 11.8 Å². The van der Waals surface area contributed by atoms with Gasteiger partial charge < -0.3 is 14.6 Å². The fraction of sp³-hybridized carbons (Fsp3) is 0.333. The Hall–Kier alpha value is -2.73. The van der Waals surface area contributed by atoms with Gasteiger partial charge in [0.2, 0.25) is 5.91 Å². The Balaban J connectivity index is 1.17. The van der Waals surface area contributed by atoms with Crippen molar-refractivity contribution in [1.29, 1.82) is 0 Å². The molecule has 0 atom stereocenters. The average Bonchev–Trinajstić information content (AvgIpc) is 3.23. The summed E-state index contributed by atoms with van der Waals surface area (Å²) in [5.41, 5.74) is 1.97. The number of hydrogen-bond donors (Lipinski definition) is 1. The van der Waals surface area contributed by atoms with Gasteiger partial charge in [0.1, 0.15) is 5.58 Å². The highest BCUT2D eigenvalue weighted by molar-refractivity contribution is 7.99. The molecule has 0 spiro atoms. The molecule has 156 valence electrons. The normalized spacial score (nSPS) is 14.7. The second-order valence-corrected chi connectivity index (χ2v) is 8.65. The van der Waals surface area contributed by atoms with E-state index < -0.39 is 0 Å². The van der Waals surface area contributed by atoms with Gasteiger partial charge in [0, 0.05) is 30.8 Å². The van der Waals surface area contributed by atoms with Crippen LogP contribution in [0.25, 0.3) is 11.0 Å². The molecule has 0 radical (unpaired) electrons. The van der Waals surface area contributed by atoms with Crippen molar-refractivity contribution >= 4 is 34.5 Å². The lowest BCUT2D eigenvalue weighted by molar-refractivity contribution is -0.118. The molecule has 1 saturated heterocycles. The smallest absolute Gasteiger partial charge is 0.289 e. The van der Waals surface area contributed by atoms with Gasteiger partial charge in [0.05, 0.1) is 5.75 Å². The maximum Gasteiger partial charge on any atom is 0.289 e. The zero-order chi connectivity index (χ0) is 20.8. The third-order valence-electron chi connectivity index (χ3n) is 5.47. The predicted molar refractivity (Wildman–Crippen MR) is 120 cm³/mol. The van der Waals surface area contributed by atoms with E-state index in [1.54, 1.807) is 11.8 Å². The average molecular weight is 423 g/mol. The Kier molecular flexibility index (Phi) is 6.74. The molecule has 3 aromatic rings. The molecule has 5 nitrogen and oxygen atoms in total. The van der Waals surface area contributed by atoms with Gasteiger partial charge in [-0.3, -0.25) is 9.59 Å². The van der Waals surface area contributed by atoms with Crippen molar-refractivity contribution in [3.8, 4) is 0 Å². The van der Waals surface area contributed by atoms with Crippen LogP contribution < -0.4 is 5.32 Å². The predicted octanol–water partition coefficient (Wildman–Crippen LogP) is 4.33. The molecule has 1 N–H and O–H groups in total. The largest absolute Gasteiger partial charge is 0.451 e. The fourth-order valence-corrected chi connectivity index (χ4v) is 4.55. The maximum atomic E-state index is 12.7. The van der Waals surface area contributed by atoms with E-state index in [-0.39, 0.29) is 11.8 Å². The Morgan fingerprint density at radius 1 is 1.03 bits per heavy atom. The number of rotatable bonds is 7. The number of nitrogens with one attached hydrogen (secondary N) is 1. The quantitative estimate of drug-likeness (QED) is 0.615. The van der Waals surface area contributed by atoms with Gasteiger partial charge in [0.25, 0.3) is 5.91 Å². The van der Waals surface area contributed by atoms with Crippen LogP contribution in [0.3, 0.4) is 0 Å². The minimum absolute atomic E-state index is 0.0500. The van der Waals surface area contributed by atoms with Crippen molar-refractivity contribution in [2.24, 2.45) is 5.92 Å². The van der Waals surface area contributed by atoms with E-state index in [0.29, 0.717) is 37.1 Å². The zero-order valence-electron chi connectivity index (χ0n) is 16.9. The first-order valence-electron chi connectivity index (χ1n) is 10.4. The Morgan fingerprint density at radius 3 is 2.53 bits per heavy atom. The number of benzene rings is 2. The maximum absolute atomic E-state index is 12.7. The number of hydrogen-bond acceptors (Lipinski definition) is 4. The molecule has 30 heavy (non-hydrogen) atoms. The lowest BCUT2D eigenvalue weighted by Gasteiger charge is -2.31. The number of piperidine rings is 1. The number of furan rings is 1. The van der Waals surface area contributed by atoms with Crippen LogP contribution in [0.1, 0.15) is 29.0 Å². The Labute approximate surface area is 180 Å². The van der Waals surface area contributed by atoms with Gasteiger partial charge in [-0.15, -0.1) is 11.8 Å². The van der Waals surface area contributed by atoms with Crippen LogP contribution in [0.5, 0.6) is 0 Å². The number of amides is 2. The van der Waals surface area contributed by atoms with Crippen molar-refractivity contribution in [3.05, 3.63) is 72.0 Å². The molecular weight excluding hydrogens is 396 g/mol. The summed E-state index contributed by atoms with van der Waals surface area (Å²) in [6.45, 7) is 2.07. The number of fused-ring (bicyclic) bond motifs is 1. The number of thioether (sulfide) groups is 1. The second-order valence-electron chi connectivity index (χ2n) is 7.67. The van der Waals surface area contributed by atoms with Crippen LogP contribution in [0, 0.1) is 5.92 Å². The van der Waals surface area contributed by atoms with Crippen molar-refractivity contribution in [2.75, 3.05) is 25.4 Å². The van der Waals surface area contributed by atoms with Gasteiger partial charge in [-0.25, -0.2) is 0 Å². The minimum Gasteiger partial charge on any atom is -0.451 e. The van der Waals surface area contributed by atoms with Crippen molar-refractivity contribution < 1.29 is 14.0 Å². The first kappa shape index (κ1) is 20.5. The molecule has 1 fully saturated rings. The number of carbonyl (C=O) groups is 2. The standard InChI is InChI=1S/C24H26N2O3S/c27-23(17-30-16-19-6-2-1-3-7-19)25-15-18-10-12-26(13-11-18)24(28)22-14-20-8-4-5-9-21(20)29-22/h1-9,14,18H,10-13,15-17H2,(H,25,27). The van der Waals surface area contributed by atoms with Crippen molar-refractivity contribution in [3.63, 3.8) is 0 Å². The molecule has 6 heteroatoms. The summed E-state index contributed by atoms with van der Waals surface area (Å²) < 4.78 is 5.71. The molecule has 0 bridgehead atoms. The van der Waals surface area contributed by atoms with Crippen molar-refractivity contribution in [1.82, 2.24) is 10.2 Å². The topological polar surface area (TPSA) is 62.6 Å². The minimum atomic E-state index is -0.0500. The summed E-state index contributed by atoms with van der Waals surface area (Å²) >= 11 is 1.63. The molecule has 2 heterocycles. The van der Waals surface area contributed by atoms with Gasteiger partial charge >= 0.3 is 0 Å². The molecule has 4 rings (SSSR count). The monoisotopic (exact) mass is 422 g/mol. The van der Waals surface area contributed by atoms with E-state index in [0.717, 1.165) is 29.6 Å². The summed E-state index contributed by atoms with van der Waals surface area (Å²) in [6.07, 6.45) is 1.78. The summed E-state index contributed by atoms with van der Waals surface area (Å²) in [7, 11) is 0. The third kappa shape index (κ3) is 5.25. The van der Waals surface area contributed by atoms with E-state index >= 15 is 0 Å². The number of nitrogens with zero attached hydrogens (tertiary/aromatic N) is 1. The van der Waals surface area contributed by atoms with E-state index in [9.17, 15) is 9.59 Å². The summed E-state index contributed by atoms with van der Waals surface area (Å²) in [4.78, 5) is 26.7. The van der Waals surface area contributed by atoms with Crippen LogP contribution in [-0.2, 0) is 10.5 Å². The lowest BCUT2D eigenvalue weighted by Crippen LogP contribution is -2.41. The molecular formula is C24H26N2O3S. The third-order valence-corrected chi connectivity index (χ3v) is 6.47. The van der Waals surface area contributed by atoms with Crippen molar-refractivity contribution in [2.45, 2.75) is 18.6 Å². The van der Waals surface area contributed by atoms with Crippen LogP contribution in [0.2, 0.25) is 0 Å². The Morgan fingerprint density at radius 2 is 1.77 bits per heavy atom. The second kappa shape index (κ2) is 9.85. The molecule has 1 aromatic heterocycles. The van der Waals surface area contributed by atoms with E-state index in [2.05, 4.69) is 17.4 Å². The first-order valence-corrected chi connectivity index (χ1v) is 11.5. The molecule has 1 aliphatic heterocycles. The lowest BCUT2D eigenvalue weighted by atomic mass is 9.96. The highest BCUT2D eigenvalue weighted by Crippen LogP contribution is 2.23. The van der Waals surface area contributed by atoms with Crippen LogP contribution in [0.15, 0.2) is 65.1 Å². The van der Waals surface area contributed by atoms with E-state index in [1.807, 2.05) is 53.4 Å². The van der Waals surface area contributed by atoms with Gasteiger partial charge in [-0.1, -0.05) is 48.5 Å². The van der Waals surface area contributed by atoms with Gasteiger partial charge in [-0.2, -0.15) is 0 Å². The SMILES string of the molecule is O=C(CSCc1ccccc1)NCC1CCN(C(=O)c2cc3ccccc3o2)CC1. The van der Waals surface area contributed by atoms with E-state index in [1.165, 1.54) is 5.56 Å². The highest BCUT2D eigenvalue weighted by Gasteiger charge is 2.25. The molecule has 0 aliphatic carbocycles. The fourth-order valence-electron chi connectivity index (χ4n) is 3.73. The summed E-state index contributed by atoms with van der Waals surface area (Å²) in [5, 5.41) is 4.00. The number of carbonyl (C=O) groups excluding carboxylic acids is 2. The van der Waals surface area contributed by atoms with E-state index in [4.69, 9.17) is 4.42 Å². The number of likely N-dealkylation sites (tertiary alicyclic amines) is 1. The molecule has 2 aromatic carbocycles. The molecule has 0 saturated carbocycles. The van der Waals surface area contributed by atoms with Crippen LogP contribution in [0.4, 0.5) is 0 Å². The Bertz CT molecular complexity index is 961. The van der Waals surface area contributed by atoms with Gasteiger partial charge in [-0.05, 0) is 36.5 Å². The zero-order valence-corrected chi connectivity index (χ0v) is 17.7. The summed E-state index contributed by atoms with van der Waals surface area (Å²) in [5.74, 6) is 2.16.